The Morgan fingerprint density at radius 2 is 1.87 bits per heavy atom. The van der Waals surface area contributed by atoms with Crippen LogP contribution >= 0.6 is 11.3 Å². The molecule has 0 atom stereocenters. The van der Waals surface area contributed by atoms with Gasteiger partial charge >= 0.3 is 0 Å². The highest BCUT2D eigenvalue weighted by Crippen LogP contribution is 2.25. The Kier molecular flexibility index (Phi) is 5.02. The molecule has 1 aromatic heterocycles. The van der Waals surface area contributed by atoms with E-state index in [4.69, 9.17) is 5.73 Å². The molecule has 1 aromatic carbocycles. The van der Waals surface area contributed by atoms with Gasteiger partial charge in [-0.2, -0.15) is 0 Å². The van der Waals surface area contributed by atoms with E-state index in [1.165, 1.54) is 25.1 Å². The highest BCUT2D eigenvalue weighted by Gasteiger charge is 2.19. The molecular weight excluding hydrogens is 338 g/mol. The number of carbonyl (C=O) groups is 2. The van der Waals surface area contributed by atoms with Crippen LogP contribution in [-0.2, 0) is 21.4 Å². The molecule has 2 aromatic rings. The fraction of sp³-hybridized carbons (Fsp3) is 0.143. The molecule has 2 amide bonds. The van der Waals surface area contributed by atoms with E-state index in [-0.39, 0.29) is 27.9 Å². The standard InChI is InChI=1S/C14H15N3O4S2/c1-9(18)16-8-10-6-7-13(22-10)23(20,21)17-12-5-3-2-4-11(12)14(15)19/h2-7,17H,8H2,1H3,(H2,15,19)(H,16,18). The summed E-state index contributed by atoms with van der Waals surface area (Å²) in [5, 5.41) is 2.60. The van der Waals surface area contributed by atoms with Crippen molar-refractivity contribution in [3.05, 3.63) is 46.8 Å². The summed E-state index contributed by atoms with van der Waals surface area (Å²) in [6.45, 7) is 1.64. The van der Waals surface area contributed by atoms with Gasteiger partial charge in [0.25, 0.3) is 15.9 Å². The van der Waals surface area contributed by atoms with Crippen molar-refractivity contribution in [1.29, 1.82) is 0 Å². The first-order valence-electron chi connectivity index (χ1n) is 6.54. The average Bonchev–Trinajstić information content (AvgIpc) is 2.95. The van der Waals surface area contributed by atoms with Crippen LogP contribution < -0.4 is 15.8 Å². The number of para-hydroxylation sites is 1. The number of hydrogen-bond acceptors (Lipinski definition) is 5. The quantitative estimate of drug-likeness (QED) is 0.725. The SMILES string of the molecule is CC(=O)NCc1ccc(S(=O)(=O)Nc2ccccc2C(N)=O)s1. The summed E-state index contributed by atoms with van der Waals surface area (Å²) in [7, 11) is -3.84. The molecule has 4 N–H and O–H groups in total. The molecule has 0 aliphatic carbocycles. The van der Waals surface area contributed by atoms with E-state index in [1.54, 1.807) is 18.2 Å². The molecular formula is C14H15N3O4S2. The normalized spacial score (nSPS) is 11.0. The molecule has 2 rings (SSSR count). The van der Waals surface area contributed by atoms with Gasteiger partial charge in [-0.15, -0.1) is 11.3 Å². The Morgan fingerprint density at radius 1 is 1.17 bits per heavy atom. The second-order valence-corrected chi connectivity index (χ2v) is 7.72. The number of carbonyl (C=O) groups excluding carboxylic acids is 2. The van der Waals surface area contributed by atoms with Gasteiger partial charge in [0.05, 0.1) is 17.8 Å². The molecule has 0 spiro atoms. The molecule has 0 aliphatic rings. The summed E-state index contributed by atoms with van der Waals surface area (Å²) in [6.07, 6.45) is 0. The zero-order valence-electron chi connectivity index (χ0n) is 12.2. The molecule has 23 heavy (non-hydrogen) atoms. The molecule has 0 fully saturated rings. The van der Waals surface area contributed by atoms with Crippen molar-refractivity contribution >= 4 is 38.9 Å². The molecule has 0 aliphatic heterocycles. The molecule has 0 bridgehead atoms. The molecule has 1 heterocycles. The van der Waals surface area contributed by atoms with Crippen molar-refractivity contribution in [2.24, 2.45) is 5.73 Å². The van der Waals surface area contributed by atoms with E-state index in [2.05, 4.69) is 10.0 Å². The van der Waals surface area contributed by atoms with Crippen LogP contribution in [0.25, 0.3) is 0 Å². The zero-order valence-corrected chi connectivity index (χ0v) is 13.8. The predicted molar refractivity (Wildman–Crippen MR) is 87.6 cm³/mol. The molecule has 0 unspecified atom stereocenters. The molecule has 0 radical (unpaired) electrons. The molecule has 0 saturated carbocycles. The summed E-state index contributed by atoms with van der Waals surface area (Å²) >= 11 is 1.03. The number of nitrogens with one attached hydrogen (secondary N) is 2. The second kappa shape index (κ2) is 6.80. The first-order valence-corrected chi connectivity index (χ1v) is 8.84. The van der Waals surface area contributed by atoms with Crippen molar-refractivity contribution in [2.45, 2.75) is 17.7 Å². The Labute approximate surface area is 137 Å². The van der Waals surface area contributed by atoms with Gasteiger partial charge in [0, 0.05) is 11.8 Å². The Balaban J connectivity index is 2.23. The molecule has 122 valence electrons. The Hall–Kier alpha value is -2.39. The van der Waals surface area contributed by atoms with Crippen LogP contribution in [0, 0.1) is 0 Å². The molecule has 9 heteroatoms. The van der Waals surface area contributed by atoms with Crippen LogP contribution in [0.1, 0.15) is 22.2 Å². The molecule has 0 saturated heterocycles. The van der Waals surface area contributed by atoms with Crippen molar-refractivity contribution in [1.82, 2.24) is 5.32 Å². The van der Waals surface area contributed by atoms with Crippen molar-refractivity contribution in [3.63, 3.8) is 0 Å². The first kappa shape index (κ1) is 17.0. The smallest absolute Gasteiger partial charge is 0.271 e. The maximum atomic E-state index is 12.4. The van der Waals surface area contributed by atoms with E-state index in [1.807, 2.05) is 0 Å². The van der Waals surface area contributed by atoms with Crippen molar-refractivity contribution in [2.75, 3.05) is 4.72 Å². The summed E-state index contributed by atoms with van der Waals surface area (Å²) in [6, 6.07) is 9.15. The zero-order chi connectivity index (χ0) is 17.0. The number of nitrogens with two attached hydrogens (primary N) is 1. The average molecular weight is 353 g/mol. The summed E-state index contributed by atoms with van der Waals surface area (Å²) in [4.78, 5) is 22.9. The van der Waals surface area contributed by atoms with Gasteiger partial charge in [-0.25, -0.2) is 8.42 Å². The number of rotatable bonds is 6. The van der Waals surface area contributed by atoms with Crippen LogP contribution in [0.5, 0.6) is 0 Å². The van der Waals surface area contributed by atoms with Gasteiger partial charge in [-0.3, -0.25) is 14.3 Å². The van der Waals surface area contributed by atoms with Crippen LogP contribution in [0.15, 0.2) is 40.6 Å². The van der Waals surface area contributed by atoms with Crippen LogP contribution in [0.2, 0.25) is 0 Å². The number of anilines is 1. The van der Waals surface area contributed by atoms with Crippen LogP contribution in [0.4, 0.5) is 5.69 Å². The van der Waals surface area contributed by atoms with E-state index in [0.29, 0.717) is 4.88 Å². The number of amides is 2. The first-order chi connectivity index (χ1) is 10.8. The second-order valence-electron chi connectivity index (χ2n) is 4.65. The summed E-state index contributed by atoms with van der Waals surface area (Å²) < 4.78 is 27.2. The lowest BCUT2D eigenvalue weighted by Gasteiger charge is -2.09. The lowest BCUT2D eigenvalue weighted by atomic mass is 10.2. The maximum absolute atomic E-state index is 12.4. The minimum atomic E-state index is -3.84. The fourth-order valence-electron chi connectivity index (χ4n) is 1.79. The van der Waals surface area contributed by atoms with Gasteiger partial charge in [-0.1, -0.05) is 12.1 Å². The largest absolute Gasteiger partial charge is 0.366 e. The van der Waals surface area contributed by atoms with Gasteiger partial charge in [0.2, 0.25) is 5.91 Å². The van der Waals surface area contributed by atoms with Gasteiger partial charge < -0.3 is 11.1 Å². The van der Waals surface area contributed by atoms with Crippen molar-refractivity contribution in [3.8, 4) is 0 Å². The van der Waals surface area contributed by atoms with E-state index in [0.717, 1.165) is 11.3 Å². The summed E-state index contributed by atoms with van der Waals surface area (Å²) in [5.74, 6) is -0.919. The number of sulfonamides is 1. The number of benzene rings is 1. The summed E-state index contributed by atoms with van der Waals surface area (Å²) in [5.41, 5.74) is 5.44. The third-order valence-corrected chi connectivity index (χ3v) is 5.79. The lowest BCUT2D eigenvalue weighted by molar-refractivity contribution is -0.119. The maximum Gasteiger partial charge on any atom is 0.271 e. The van der Waals surface area contributed by atoms with Crippen LogP contribution in [-0.4, -0.2) is 20.2 Å². The van der Waals surface area contributed by atoms with E-state index < -0.39 is 15.9 Å². The highest BCUT2D eigenvalue weighted by atomic mass is 32.2. The predicted octanol–water partition coefficient (Wildman–Crippen LogP) is 1.28. The minimum Gasteiger partial charge on any atom is -0.366 e. The third-order valence-electron chi connectivity index (χ3n) is 2.85. The lowest BCUT2D eigenvalue weighted by Crippen LogP contribution is -2.18. The molecule has 7 nitrogen and oxygen atoms in total. The van der Waals surface area contributed by atoms with Crippen molar-refractivity contribution < 1.29 is 18.0 Å². The number of hydrogen-bond donors (Lipinski definition) is 3. The Morgan fingerprint density at radius 3 is 2.52 bits per heavy atom. The van der Waals surface area contributed by atoms with E-state index in [9.17, 15) is 18.0 Å². The van der Waals surface area contributed by atoms with E-state index >= 15 is 0 Å². The van der Waals surface area contributed by atoms with Gasteiger partial charge in [-0.05, 0) is 24.3 Å². The minimum absolute atomic E-state index is 0.0807. The number of thiophene rings is 1. The van der Waals surface area contributed by atoms with Gasteiger partial charge in [0.15, 0.2) is 0 Å². The van der Waals surface area contributed by atoms with Crippen LogP contribution in [0.3, 0.4) is 0 Å². The fourth-order valence-corrected chi connectivity index (χ4v) is 4.17. The topological polar surface area (TPSA) is 118 Å². The Bertz CT molecular complexity index is 843. The monoisotopic (exact) mass is 353 g/mol. The highest BCUT2D eigenvalue weighted by molar-refractivity contribution is 7.94. The van der Waals surface area contributed by atoms with Gasteiger partial charge in [0.1, 0.15) is 4.21 Å². The third kappa shape index (κ3) is 4.30. The number of primary amides is 1.